The molecule has 0 spiro atoms. The van der Waals surface area contributed by atoms with E-state index >= 15 is 0 Å². The summed E-state index contributed by atoms with van der Waals surface area (Å²) in [5.74, 6) is 0.746. The van der Waals surface area contributed by atoms with Crippen LogP contribution < -0.4 is 5.32 Å². The van der Waals surface area contributed by atoms with E-state index < -0.39 is 0 Å². The molecule has 1 N–H and O–H groups in total. The van der Waals surface area contributed by atoms with Crippen LogP contribution >= 0.6 is 0 Å². The summed E-state index contributed by atoms with van der Waals surface area (Å²) in [6.07, 6.45) is 0.379. The lowest BCUT2D eigenvalue weighted by atomic mass is 10.1. The largest absolute Gasteiger partial charge is 0.374 e. The molecule has 1 fully saturated rings. The Labute approximate surface area is 106 Å². The summed E-state index contributed by atoms with van der Waals surface area (Å²) in [4.78, 5) is 4.88. The third-order valence-corrected chi connectivity index (χ3v) is 3.11. The highest BCUT2D eigenvalue weighted by Gasteiger charge is 2.21. The zero-order chi connectivity index (χ0) is 12.7. The standard InChI is InChI=1S/C13H29N3O/c1-12(2)9-16-7-8-17-13(11-16)10-15(4)6-5-14-3/h12-14H,5-11H2,1-4H3. The van der Waals surface area contributed by atoms with Crippen LogP contribution in [0.4, 0.5) is 0 Å². The number of nitrogens with zero attached hydrogens (tertiary/aromatic N) is 2. The third-order valence-electron chi connectivity index (χ3n) is 3.11. The van der Waals surface area contributed by atoms with E-state index in [1.807, 2.05) is 7.05 Å². The van der Waals surface area contributed by atoms with Crippen molar-refractivity contribution in [1.82, 2.24) is 15.1 Å². The summed E-state index contributed by atoms with van der Waals surface area (Å²) in [5.41, 5.74) is 0. The summed E-state index contributed by atoms with van der Waals surface area (Å²) < 4.78 is 5.84. The van der Waals surface area contributed by atoms with Crippen LogP contribution in [0.2, 0.25) is 0 Å². The van der Waals surface area contributed by atoms with E-state index in [0.717, 1.165) is 45.2 Å². The van der Waals surface area contributed by atoms with Crippen molar-refractivity contribution in [1.29, 1.82) is 0 Å². The van der Waals surface area contributed by atoms with Crippen molar-refractivity contribution in [3.05, 3.63) is 0 Å². The van der Waals surface area contributed by atoms with E-state index in [0.29, 0.717) is 6.10 Å². The predicted molar refractivity (Wildman–Crippen MR) is 72.4 cm³/mol. The van der Waals surface area contributed by atoms with Crippen molar-refractivity contribution in [2.45, 2.75) is 20.0 Å². The van der Waals surface area contributed by atoms with Gasteiger partial charge < -0.3 is 15.0 Å². The molecule has 0 bridgehead atoms. The van der Waals surface area contributed by atoms with Gasteiger partial charge in [0.15, 0.2) is 0 Å². The second-order valence-electron chi connectivity index (χ2n) is 5.51. The van der Waals surface area contributed by atoms with E-state index in [-0.39, 0.29) is 0 Å². The van der Waals surface area contributed by atoms with Crippen LogP contribution in [-0.4, -0.2) is 75.9 Å². The minimum atomic E-state index is 0.379. The molecule has 1 saturated heterocycles. The van der Waals surface area contributed by atoms with Crippen LogP contribution in [0.25, 0.3) is 0 Å². The Morgan fingerprint density at radius 3 is 2.88 bits per heavy atom. The van der Waals surface area contributed by atoms with Crippen molar-refractivity contribution >= 4 is 0 Å². The Hall–Kier alpha value is -0.160. The lowest BCUT2D eigenvalue weighted by molar-refractivity contribution is -0.0430. The fourth-order valence-corrected chi connectivity index (χ4v) is 2.31. The fraction of sp³-hybridized carbons (Fsp3) is 1.00. The maximum atomic E-state index is 5.84. The average molecular weight is 243 g/mol. The average Bonchev–Trinajstić information content (AvgIpc) is 2.26. The summed E-state index contributed by atoms with van der Waals surface area (Å²) in [6.45, 7) is 12.0. The first kappa shape index (κ1) is 14.9. The van der Waals surface area contributed by atoms with Gasteiger partial charge in [-0.15, -0.1) is 0 Å². The second-order valence-corrected chi connectivity index (χ2v) is 5.51. The van der Waals surface area contributed by atoms with E-state index in [1.54, 1.807) is 0 Å². The van der Waals surface area contributed by atoms with Crippen molar-refractivity contribution in [3.8, 4) is 0 Å². The van der Waals surface area contributed by atoms with Gasteiger partial charge in [0.1, 0.15) is 0 Å². The number of nitrogens with one attached hydrogen (secondary N) is 1. The van der Waals surface area contributed by atoms with Gasteiger partial charge in [-0.2, -0.15) is 0 Å². The van der Waals surface area contributed by atoms with Crippen LogP contribution in [-0.2, 0) is 4.74 Å². The predicted octanol–water partition coefficient (Wildman–Crippen LogP) is 0.494. The highest BCUT2D eigenvalue weighted by Crippen LogP contribution is 2.08. The molecule has 0 amide bonds. The molecule has 1 aliphatic rings. The van der Waals surface area contributed by atoms with Gasteiger partial charge in [-0.1, -0.05) is 13.8 Å². The maximum absolute atomic E-state index is 5.84. The van der Waals surface area contributed by atoms with Crippen molar-refractivity contribution < 1.29 is 4.74 Å². The molecule has 1 unspecified atom stereocenters. The molecular formula is C13H29N3O. The quantitative estimate of drug-likeness (QED) is 0.704. The first-order valence-corrected chi connectivity index (χ1v) is 6.79. The molecule has 0 radical (unpaired) electrons. The molecular weight excluding hydrogens is 214 g/mol. The van der Waals surface area contributed by atoms with Crippen LogP contribution in [0.1, 0.15) is 13.8 Å². The molecule has 0 aliphatic carbocycles. The first-order valence-electron chi connectivity index (χ1n) is 6.79. The van der Waals surface area contributed by atoms with E-state index in [2.05, 4.69) is 36.0 Å². The smallest absolute Gasteiger partial charge is 0.0829 e. The Balaban J connectivity index is 2.24. The van der Waals surface area contributed by atoms with E-state index in [1.165, 1.54) is 6.54 Å². The molecule has 1 atom stereocenters. The molecule has 102 valence electrons. The minimum absolute atomic E-state index is 0.379. The van der Waals surface area contributed by atoms with Gasteiger partial charge in [0.05, 0.1) is 12.7 Å². The topological polar surface area (TPSA) is 27.7 Å². The molecule has 0 aromatic rings. The van der Waals surface area contributed by atoms with Crippen molar-refractivity contribution in [2.24, 2.45) is 5.92 Å². The molecule has 4 heteroatoms. The maximum Gasteiger partial charge on any atom is 0.0829 e. The van der Waals surface area contributed by atoms with Crippen LogP contribution in [0.3, 0.4) is 0 Å². The van der Waals surface area contributed by atoms with Gasteiger partial charge in [0, 0.05) is 39.3 Å². The third kappa shape index (κ3) is 6.36. The molecule has 0 aromatic heterocycles. The van der Waals surface area contributed by atoms with Crippen LogP contribution in [0.5, 0.6) is 0 Å². The number of likely N-dealkylation sites (N-methyl/N-ethyl adjacent to an activating group) is 2. The van der Waals surface area contributed by atoms with E-state index in [4.69, 9.17) is 4.74 Å². The lowest BCUT2D eigenvalue weighted by Crippen LogP contribution is -2.48. The normalized spacial score (nSPS) is 22.6. The SMILES string of the molecule is CNCCN(C)CC1CN(CC(C)C)CCO1. The Morgan fingerprint density at radius 2 is 2.24 bits per heavy atom. The molecule has 1 heterocycles. The van der Waals surface area contributed by atoms with Gasteiger partial charge in [-0.3, -0.25) is 4.90 Å². The molecule has 1 rings (SSSR count). The fourth-order valence-electron chi connectivity index (χ4n) is 2.31. The number of ether oxygens (including phenoxy) is 1. The van der Waals surface area contributed by atoms with Gasteiger partial charge in [-0.05, 0) is 20.0 Å². The van der Waals surface area contributed by atoms with Crippen LogP contribution in [0.15, 0.2) is 0 Å². The molecule has 0 saturated carbocycles. The highest BCUT2D eigenvalue weighted by molar-refractivity contribution is 4.74. The minimum Gasteiger partial charge on any atom is -0.374 e. The molecule has 4 nitrogen and oxygen atoms in total. The van der Waals surface area contributed by atoms with Gasteiger partial charge >= 0.3 is 0 Å². The summed E-state index contributed by atoms with van der Waals surface area (Å²) in [6, 6.07) is 0. The number of rotatable bonds is 7. The highest BCUT2D eigenvalue weighted by atomic mass is 16.5. The summed E-state index contributed by atoms with van der Waals surface area (Å²) >= 11 is 0. The molecule has 0 aromatic carbocycles. The summed E-state index contributed by atoms with van der Waals surface area (Å²) in [7, 11) is 4.16. The Kier molecular flexibility index (Phi) is 7.04. The monoisotopic (exact) mass is 243 g/mol. The first-order chi connectivity index (χ1) is 8.11. The van der Waals surface area contributed by atoms with Crippen molar-refractivity contribution in [2.75, 3.05) is 60.0 Å². The lowest BCUT2D eigenvalue weighted by Gasteiger charge is -2.35. The van der Waals surface area contributed by atoms with Gasteiger partial charge in [0.25, 0.3) is 0 Å². The van der Waals surface area contributed by atoms with E-state index in [9.17, 15) is 0 Å². The zero-order valence-corrected chi connectivity index (χ0v) is 11.9. The Morgan fingerprint density at radius 1 is 1.47 bits per heavy atom. The second kappa shape index (κ2) is 8.03. The number of hydrogen-bond acceptors (Lipinski definition) is 4. The zero-order valence-electron chi connectivity index (χ0n) is 11.9. The number of hydrogen-bond donors (Lipinski definition) is 1. The summed E-state index contributed by atoms with van der Waals surface area (Å²) in [5, 5.41) is 3.18. The molecule has 1 aliphatic heterocycles. The Bertz CT molecular complexity index is 199. The van der Waals surface area contributed by atoms with Crippen molar-refractivity contribution in [3.63, 3.8) is 0 Å². The van der Waals surface area contributed by atoms with Gasteiger partial charge in [-0.25, -0.2) is 0 Å². The van der Waals surface area contributed by atoms with Crippen LogP contribution in [0, 0.1) is 5.92 Å². The van der Waals surface area contributed by atoms with Gasteiger partial charge in [0.2, 0.25) is 0 Å². The molecule has 17 heavy (non-hydrogen) atoms. The number of morpholine rings is 1.